The van der Waals surface area contributed by atoms with E-state index < -0.39 is 0 Å². The van der Waals surface area contributed by atoms with E-state index in [4.69, 9.17) is 5.11 Å². The van der Waals surface area contributed by atoms with Crippen molar-refractivity contribution in [1.29, 1.82) is 0 Å². The van der Waals surface area contributed by atoms with E-state index in [9.17, 15) is 4.39 Å². The molecule has 21 heavy (non-hydrogen) atoms. The third-order valence-corrected chi connectivity index (χ3v) is 3.80. The Morgan fingerprint density at radius 3 is 2.71 bits per heavy atom. The zero-order valence-electron chi connectivity index (χ0n) is 12.9. The first-order valence-electron chi connectivity index (χ1n) is 7.72. The Labute approximate surface area is 127 Å². The van der Waals surface area contributed by atoms with E-state index in [1.807, 2.05) is 12.1 Å². The molecule has 1 saturated carbocycles. The third-order valence-electron chi connectivity index (χ3n) is 3.80. The summed E-state index contributed by atoms with van der Waals surface area (Å²) in [5.41, 5.74) is 1.35. The highest BCUT2D eigenvalue weighted by Gasteiger charge is 2.29. The molecule has 3 heteroatoms. The van der Waals surface area contributed by atoms with Crippen LogP contribution in [0.15, 0.2) is 18.2 Å². The summed E-state index contributed by atoms with van der Waals surface area (Å²) in [6, 6.07) is 5.75. The van der Waals surface area contributed by atoms with Crippen molar-refractivity contribution in [3.8, 4) is 11.8 Å². The molecule has 1 aliphatic rings. The second kappa shape index (κ2) is 7.59. The van der Waals surface area contributed by atoms with Gasteiger partial charge in [0, 0.05) is 23.7 Å². The van der Waals surface area contributed by atoms with Crippen molar-refractivity contribution in [2.45, 2.75) is 45.7 Å². The number of halogens is 1. The lowest BCUT2D eigenvalue weighted by Crippen LogP contribution is -2.28. The van der Waals surface area contributed by atoms with Gasteiger partial charge in [-0.1, -0.05) is 31.8 Å². The van der Waals surface area contributed by atoms with Crippen LogP contribution in [-0.2, 0) is 6.54 Å². The molecular weight excluding hydrogens is 265 g/mol. The maximum Gasteiger partial charge on any atom is 0.128 e. The van der Waals surface area contributed by atoms with Crippen molar-refractivity contribution in [3.63, 3.8) is 0 Å². The Morgan fingerprint density at radius 2 is 2.14 bits per heavy atom. The van der Waals surface area contributed by atoms with E-state index in [-0.39, 0.29) is 12.4 Å². The maximum absolute atomic E-state index is 14.2. The summed E-state index contributed by atoms with van der Waals surface area (Å²) in [5, 5.41) is 8.67. The molecule has 1 aromatic carbocycles. The monoisotopic (exact) mass is 289 g/mol. The molecule has 0 unspecified atom stereocenters. The molecule has 0 aromatic heterocycles. The lowest BCUT2D eigenvalue weighted by molar-refractivity contribution is 0.236. The van der Waals surface area contributed by atoms with Gasteiger partial charge in [0.25, 0.3) is 0 Å². The lowest BCUT2D eigenvalue weighted by Gasteiger charge is -2.23. The minimum Gasteiger partial charge on any atom is -0.384 e. The number of aliphatic hydroxyl groups excluding tert-OH is 1. The summed E-state index contributed by atoms with van der Waals surface area (Å²) in [6.45, 7) is 5.96. The molecule has 2 nitrogen and oxygen atoms in total. The molecule has 2 rings (SSSR count). The number of hydrogen-bond donors (Lipinski definition) is 1. The van der Waals surface area contributed by atoms with Crippen LogP contribution in [0.2, 0.25) is 0 Å². The predicted octanol–water partition coefficient (Wildman–Crippen LogP) is 3.18. The molecule has 0 amide bonds. The van der Waals surface area contributed by atoms with Gasteiger partial charge in [-0.3, -0.25) is 4.90 Å². The van der Waals surface area contributed by atoms with Crippen molar-refractivity contribution in [2.75, 3.05) is 13.2 Å². The van der Waals surface area contributed by atoms with Gasteiger partial charge in [0.2, 0.25) is 0 Å². The number of aliphatic hydroxyl groups is 1. The maximum atomic E-state index is 14.2. The average Bonchev–Trinajstić information content (AvgIpc) is 3.27. The van der Waals surface area contributed by atoms with Crippen LogP contribution in [0.3, 0.4) is 0 Å². The van der Waals surface area contributed by atoms with Crippen molar-refractivity contribution in [1.82, 2.24) is 4.90 Å². The average molecular weight is 289 g/mol. The van der Waals surface area contributed by atoms with Gasteiger partial charge >= 0.3 is 0 Å². The summed E-state index contributed by atoms with van der Waals surface area (Å²) in [4.78, 5) is 2.40. The second-order valence-electron chi connectivity index (χ2n) is 6.15. The first-order chi connectivity index (χ1) is 10.1. The number of benzene rings is 1. The molecule has 0 aliphatic heterocycles. The van der Waals surface area contributed by atoms with Gasteiger partial charge in [0.05, 0.1) is 0 Å². The van der Waals surface area contributed by atoms with Crippen molar-refractivity contribution in [3.05, 3.63) is 35.1 Å². The van der Waals surface area contributed by atoms with Gasteiger partial charge < -0.3 is 5.11 Å². The summed E-state index contributed by atoms with van der Waals surface area (Å²) in [6.07, 6.45) is 3.62. The van der Waals surface area contributed by atoms with E-state index in [1.54, 1.807) is 0 Å². The minimum atomic E-state index is -0.200. The summed E-state index contributed by atoms with van der Waals surface area (Å²) >= 11 is 0. The summed E-state index contributed by atoms with van der Waals surface area (Å²) < 4.78 is 14.2. The van der Waals surface area contributed by atoms with Crippen molar-refractivity contribution >= 4 is 0 Å². The fourth-order valence-corrected chi connectivity index (χ4v) is 2.37. The first-order valence-corrected chi connectivity index (χ1v) is 7.72. The SMILES string of the molecule is CC(C)CCN(Cc1ccc(C#CCO)cc1F)C1CC1. The number of rotatable bonds is 6. The zero-order valence-corrected chi connectivity index (χ0v) is 12.9. The largest absolute Gasteiger partial charge is 0.384 e. The highest BCUT2D eigenvalue weighted by molar-refractivity contribution is 5.37. The van der Waals surface area contributed by atoms with Crippen LogP contribution in [-0.4, -0.2) is 29.2 Å². The Bertz CT molecular complexity index is 526. The second-order valence-corrected chi connectivity index (χ2v) is 6.15. The molecular formula is C18H24FNO. The van der Waals surface area contributed by atoms with Crippen LogP contribution in [0.1, 0.15) is 44.2 Å². The summed E-state index contributed by atoms with van der Waals surface area (Å²) in [5.74, 6) is 5.75. The van der Waals surface area contributed by atoms with Crippen molar-refractivity contribution in [2.24, 2.45) is 5.92 Å². The van der Waals surface area contributed by atoms with E-state index in [1.165, 1.54) is 18.9 Å². The van der Waals surface area contributed by atoms with E-state index >= 15 is 0 Å². The van der Waals surface area contributed by atoms with Crippen LogP contribution < -0.4 is 0 Å². The fourth-order valence-electron chi connectivity index (χ4n) is 2.37. The normalized spacial score (nSPS) is 14.4. The quantitative estimate of drug-likeness (QED) is 0.813. The third kappa shape index (κ3) is 5.15. The Balaban J connectivity index is 2.02. The lowest BCUT2D eigenvalue weighted by atomic mass is 10.1. The topological polar surface area (TPSA) is 23.5 Å². The molecule has 1 fully saturated rings. The van der Waals surface area contributed by atoms with E-state index in [2.05, 4.69) is 30.6 Å². The van der Waals surface area contributed by atoms with E-state index in [0.717, 1.165) is 18.5 Å². The summed E-state index contributed by atoms with van der Waals surface area (Å²) in [7, 11) is 0. The molecule has 0 bridgehead atoms. The van der Waals surface area contributed by atoms with Crippen LogP contribution >= 0.6 is 0 Å². The Kier molecular flexibility index (Phi) is 5.78. The van der Waals surface area contributed by atoms with Gasteiger partial charge in [0.1, 0.15) is 12.4 Å². The molecule has 0 heterocycles. The van der Waals surface area contributed by atoms with Crippen LogP contribution in [0, 0.1) is 23.6 Å². The molecule has 1 aliphatic carbocycles. The highest BCUT2D eigenvalue weighted by atomic mass is 19.1. The first kappa shape index (κ1) is 16.0. The fraction of sp³-hybridized carbons (Fsp3) is 0.556. The predicted molar refractivity (Wildman–Crippen MR) is 83.3 cm³/mol. The smallest absolute Gasteiger partial charge is 0.128 e. The number of hydrogen-bond acceptors (Lipinski definition) is 2. The Hall–Kier alpha value is -1.37. The minimum absolute atomic E-state index is 0.199. The van der Waals surface area contributed by atoms with Gasteiger partial charge in [-0.15, -0.1) is 0 Å². The van der Waals surface area contributed by atoms with Crippen LogP contribution in [0.5, 0.6) is 0 Å². The molecule has 0 atom stereocenters. The van der Waals surface area contributed by atoms with Crippen LogP contribution in [0.4, 0.5) is 4.39 Å². The molecule has 0 radical (unpaired) electrons. The van der Waals surface area contributed by atoms with E-state index in [0.29, 0.717) is 24.1 Å². The standard InChI is InChI=1S/C18H24FNO/c1-14(2)9-10-20(17-7-8-17)13-16-6-5-15(4-3-11-21)12-18(16)19/h5-6,12,14,17,21H,7-11,13H2,1-2H3. The molecule has 0 saturated heterocycles. The molecule has 1 N–H and O–H groups in total. The molecule has 1 aromatic rings. The van der Waals surface area contributed by atoms with Gasteiger partial charge in [-0.25, -0.2) is 4.39 Å². The number of nitrogens with zero attached hydrogens (tertiary/aromatic N) is 1. The molecule has 114 valence electrons. The molecule has 0 spiro atoms. The van der Waals surface area contributed by atoms with Gasteiger partial charge in [-0.05, 0) is 43.9 Å². The van der Waals surface area contributed by atoms with Gasteiger partial charge in [-0.2, -0.15) is 0 Å². The Morgan fingerprint density at radius 1 is 1.38 bits per heavy atom. The van der Waals surface area contributed by atoms with Gasteiger partial charge in [0.15, 0.2) is 0 Å². The van der Waals surface area contributed by atoms with Crippen molar-refractivity contribution < 1.29 is 9.50 Å². The van der Waals surface area contributed by atoms with Crippen LogP contribution in [0.25, 0.3) is 0 Å². The highest BCUT2D eigenvalue weighted by Crippen LogP contribution is 2.29. The zero-order chi connectivity index (χ0) is 15.2.